The number of nitrogens with zero attached hydrogens (tertiary/aromatic N) is 2. The summed E-state index contributed by atoms with van der Waals surface area (Å²) in [5.74, 6) is -0.434. The number of nitriles is 1. The van der Waals surface area contributed by atoms with Crippen molar-refractivity contribution in [2.75, 3.05) is 13.1 Å². The van der Waals surface area contributed by atoms with E-state index in [0.29, 0.717) is 19.0 Å². The fourth-order valence-corrected chi connectivity index (χ4v) is 5.05. The summed E-state index contributed by atoms with van der Waals surface area (Å²) in [5.41, 5.74) is 2.37. The zero-order valence-electron chi connectivity index (χ0n) is 15.9. The Bertz CT molecular complexity index is 875. The Labute approximate surface area is 173 Å². The normalized spacial score (nSPS) is 19.2. The molecule has 28 heavy (non-hydrogen) atoms. The minimum absolute atomic E-state index is 0.0342. The van der Waals surface area contributed by atoms with Crippen LogP contribution in [-0.2, 0) is 4.79 Å². The van der Waals surface area contributed by atoms with Crippen molar-refractivity contribution >= 4 is 26.4 Å². The van der Waals surface area contributed by atoms with Gasteiger partial charge in [-0.15, -0.1) is 0 Å². The van der Waals surface area contributed by atoms with Gasteiger partial charge in [-0.3, -0.25) is 0 Å². The molecule has 2 aromatic rings. The number of rotatable bonds is 6. The summed E-state index contributed by atoms with van der Waals surface area (Å²) >= 11 is 1.34. The van der Waals surface area contributed by atoms with Crippen LogP contribution in [0.3, 0.4) is 0 Å². The first-order chi connectivity index (χ1) is 13.7. The van der Waals surface area contributed by atoms with Gasteiger partial charge < -0.3 is 0 Å². The van der Waals surface area contributed by atoms with Crippen molar-refractivity contribution in [3.63, 3.8) is 0 Å². The zero-order chi connectivity index (χ0) is 19.9. The van der Waals surface area contributed by atoms with Crippen LogP contribution in [0.25, 0.3) is 0 Å². The molecule has 3 nitrogen and oxygen atoms in total. The average molecular weight is 406 g/mol. The van der Waals surface area contributed by atoms with Gasteiger partial charge in [0.25, 0.3) is 0 Å². The van der Waals surface area contributed by atoms with Crippen molar-refractivity contribution in [1.82, 2.24) is 4.90 Å². The summed E-state index contributed by atoms with van der Waals surface area (Å²) < 4.78 is 0. The van der Waals surface area contributed by atoms with Gasteiger partial charge in [0, 0.05) is 0 Å². The quantitative estimate of drug-likeness (QED) is 0.606. The Balaban J connectivity index is 1.76. The van der Waals surface area contributed by atoms with Crippen LogP contribution >= 0.6 is 20.5 Å². The van der Waals surface area contributed by atoms with E-state index in [1.807, 2.05) is 53.4 Å². The van der Waals surface area contributed by atoms with Gasteiger partial charge in [-0.05, 0) is 0 Å². The second-order valence-electron chi connectivity index (χ2n) is 7.16. The molecule has 142 valence electrons. The molecule has 1 saturated heterocycles. The van der Waals surface area contributed by atoms with E-state index in [-0.39, 0.29) is 17.1 Å². The van der Waals surface area contributed by atoms with Gasteiger partial charge in [0.2, 0.25) is 0 Å². The van der Waals surface area contributed by atoms with Gasteiger partial charge in [0.15, 0.2) is 0 Å². The maximum atomic E-state index is 13.2. The molecule has 4 atom stereocenters. The Morgan fingerprint density at radius 1 is 1.18 bits per heavy atom. The number of hydrogen-bond acceptors (Lipinski definition) is 3. The van der Waals surface area contributed by atoms with Gasteiger partial charge >= 0.3 is 174 Å². The molecule has 2 aromatic carbocycles. The van der Waals surface area contributed by atoms with Crippen LogP contribution in [0.1, 0.15) is 36.3 Å². The molecule has 0 aliphatic carbocycles. The number of likely N-dealkylation sites (tertiary alicyclic amines) is 1. The standard InChI is InChI=1S/C23H23N2OPS/c1-17(18-8-4-2-5-9-18)22(28-16-27)21(14-24)23(26)25-13-12-20(15-25)19-10-6-3-7-11-19/h2-11,17,20-22H,12-13,15H2,1H3. The summed E-state index contributed by atoms with van der Waals surface area (Å²) in [6.45, 7) is 3.43. The summed E-state index contributed by atoms with van der Waals surface area (Å²) in [4.78, 5) is 17.9. The van der Waals surface area contributed by atoms with Crippen molar-refractivity contribution in [2.45, 2.75) is 30.4 Å². The van der Waals surface area contributed by atoms with Gasteiger partial charge in [0.1, 0.15) is 0 Å². The average Bonchev–Trinajstić information content (AvgIpc) is 3.24. The molecule has 1 aliphatic heterocycles. The van der Waals surface area contributed by atoms with E-state index >= 15 is 0 Å². The summed E-state index contributed by atoms with van der Waals surface area (Å²) in [6.07, 6.45) is 0.935. The molecule has 4 unspecified atom stereocenters. The Hall–Kier alpha value is -2.04. The van der Waals surface area contributed by atoms with Gasteiger partial charge in [0.05, 0.1) is 0 Å². The molecule has 3 rings (SSSR count). The number of hydrogen-bond donors (Lipinski definition) is 0. The Kier molecular flexibility index (Phi) is 7.35. The van der Waals surface area contributed by atoms with E-state index < -0.39 is 5.92 Å². The van der Waals surface area contributed by atoms with Crippen molar-refractivity contribution in [1.29, 1.82) is 5.26 Å². The first kappa shape index (κ1) is 20.7. The van der Waals surface area contributed by atoms with E-state index in [0.717, 1.165) is 12.0 Å². The van der Waals surface area contributed by atoms with E-state index in [1.54, 1.807) is 0 Å². The first-order valence-electron chi connectivity index (χ1n) is 9.48. The molecule has 0 radical (unpaired) electrons. The van der Waals surface area contributed by atoms with E-state index in [2.05, 4.69) is 38.8 Å². The van der Waals surface area contributed by atoms with Gasteiger partial charge in [-0.1, -0.05) is 0 Å². The number of benzene rings is 2. The van der Waals surface area contributed by atoms with Crippen LogP contribution in [-0.4, -0.2) is 29.1 Å². The van der Waals surface area contributed by atoms with Crippen LogP contribution in [0, 0.1) is 22.2 Å². The first-order valence-corrected chi connectivity index (χ1v) is 10.8. The third kappa shape index (κ3) is 4.68. The minimum atomic E-state index is -0.727. The van der Waals surface area contributed by atoms with E-state index in [9.17, 15) is 10.1 Å². The SMILES string of the molecule is CC(c1ccccc1)C(SC#P)C(C#N)C(=O)N1CCC(c2ccccc2)C1. The molecule has 1 aliphatic rings. The predicted octanol–water partition coefficient (Wildman–Crippen LogP) is 5.37. The second kappa shape index (κ2) is 9.94. The Morgan fingerprint density at radius 3 is 2.43 bits per heavy atom. The summed E-state index contributed by atoms with van der Waals surface area (Å²) in [5, 5.41) is 9.64. The van der Waals surface area contributed by atoms with Gasteiger partial charge in [-0.25, -0.2) is 0 Å². The third-order valence-corrected chi connectivity index (χ3v) is 6.89. The molecule has 0 N–H and O–H groups in total. The molecule has 0 bridgehead atoms. The van der Waals surface area contributed by atoms with Crippen LogP contribution in [0.15, 0.2) is 60.7 Å². The zero-order valence-corrected chi connectivity index (χ0v) is 17.6. The van der Waals surface area contributed by atoms with Crippen LogP contribution in [0.4, 0.5) is 0 Å². The fraction of sp³-hybridized carbons (Fsp3) is 0.348. The van der Waals surface area contributed by atoms with Crippen molar-refractivity contribution < 1.29 is 4.79 Å². The topological polar surface area (TPSA) is 44.1 Å². The predicted molar refractivity (Wildman–Crippen MR) is 117 cm³/mol. The van der Waals surface area contributed by atoms with Crippen LogP contribution < -0.4 is 0 Å². The molecule has 1 fully saturated rings. The Morgan fingerprint density at radius 2 is 1.82 bits per heavy atom. The third-order valence-electron chi connectivity index (χ3n) is 5.51. The number of thioether (sulfide) groups is 1. The van der Waals surface area contributed by atoms with Crippen molar-refractivity contribution in [3.05, 3.63) is 71.8 Å². The monoisotopic (exact) mass is 406 g/mol. The van der Waals surface area contributed by atoms with Crippen molar-refractivity contribution in [3.8, 4) is 11.0 Å². The maximum absolute atomic E-state index is 13.2. The second-order valence-corrected chi connectivity index (χ2v) is 8.67. The summed E-state index contributed by atoms with van der Waals surface area (Å²) in [6, 6.07) is 22.6. The molecule has 0 aromatic heterocycles. The fourth-order valence-electron chi connectivity index (χ4n) is 3.89. The molecule has 1 amide bonds. The van der Waals surface area contributed by atoms with Crippen LogP contribution in [0.5, 0.6) is 0 Å². The molecule has 5 heteroatoms. The van der Waals surface area contributed by atoms with E-state index in [4.69, 9.17) is 0 Å². The van der Waals surface area contributed by atoms with Gasteiger partial charge in [-0.2, -0.15) is 0 Å². The molecule has 0 spiro atoms. The molecule has 1 heterocycles. The molecular weight excluding hydrogens is 383 g/mol. The number of amides is 1. The summed E-state index contributed by atoms with van der Waals surface area (Å²) in [7, 11) is 4.12. The molecular formula is C23H23N2OPS. The van der Waals surface area contributed by atoms with Crippen molar-refractivity contribution in [2.24, 2.45) is 5.92 Å². The number of carbonyl (C=O) groups excluding carboxylic acids is 1. The molecule has 0 saturated carbocycles. The van der Waals surface area contributed by atoms with Crippen LogP contribution in [0.2, 0.25) is 0 Å². The number of carbonyl (C=O) groups is 1. The van der Waals surface area contributed by atoms with E-state index in [1.165, 1.54) is 17.3 Å².